The number of benzene rings is 1. The zero-order valence-electron chi connectivity index (χ0n) is 13.0. The molecule has 1 atom stereocenters. The highest BCUT2D eigenvalue weighted by atomic mass is 32.2. The molecule has 3 rings (SSSR count). The number of methoxy groups -OCH3 is 1. The molecule has 0 aromatic heterocycles. The minimum Gasteiger partial charge on any atom is -0.495 e. The van der Waals surface area contributed by atoms with Crippen LogP contribution in [0.3, 0.4) is 0 Å². The van der Waals surface area contributed by atoms with Crippen molar-refractivity contribution in [3.63, 3.8) is 0 Å². The number of fused-ring (bicyclic) bond motifs is 1. The third-order valence-corrected chi connectivity index (χ3v) is 5.96. The topological polar surface area (TPSA) is 97.0 Å². The van der Waals surface area contributed by atoms with Gasteiger partial charge in [-0.15, -0.1) is 0 Å². The molecule has 1 saturated heterocycles. The van der Waals surface area contributed by atoms with Gasteiger partial charge in [0.15, 0.2) is 6.61 Å². The number of carbonyl (C=O) groups excluding carboxylic acids is 1. The van der Waals surface area contributed by atoms with Gasteiger partial charge in [0.2, 0.25) is 10.0 Å². The van der Waals surface area contributed by atoms with Crippen LogP contribution in [0.4, 0.5) is 5.69 Å². The highest BCUT2D eigenvalue weighted by molar-refractivity contribution is 7.89. The van der Waals surface area contributed by atoms with Gasteiger partial charge >= 0.3 is 0 Å². The minimum atomic E-state index is -3.70. The largest absolute Gasteiger partial charge is 0.495 e. The lowest BCUT2D eigenvalue weighted by molar-refractivity contribution is -0.118. The number of likely N-dealkylation sites (N-methyl/N-ethyl adjacent to an activating group) is 1. The second-order valence-corrected chi connectivity index (χ2v) is 7.38. The van der Waals surface area contributed by atoms with Crippen molar-refractivity contribution in [3.8, 4) is 11.5 Å². The number of amides is 1. The Morgan fingerprint density at radius 1 is 1.43 bits per heavy atom. The number of hydrogen-bond acceptors (Lipinski definition) is 6. The summed E-state index contributed by atoms with van der Waals surface area (Å²) in [5.74, 6) is 0.224. The molecule has 2 aliphatic rings. The van der Waals surface area contributed by atoms with E-state index in [0.29, 0.717) is 24.5 Å². The van der Waals surface area contributed by atoms with Crippen LogP contribution in [-0.4, -0.2) is 58.5 Å². The van der Waals surface area contributed by atoms with Gasteiger partial charge in [-0.3, -0.25) is 4.79 Å². The highest BCUT2D eigenvalue weighted by Gasteiger charge is 2.35. The van der Waals surface area contributed by atoms with Crippen molar-refractivity contribution in [2.24, 2.45) is 0 Å². The summed E-state index contributed by atoms with van der Waals surface area (Å²) in [7, 11) is -0.484. The van der Waals surface area contributed by atoms with E-state index in [4.69, 9.17) is 9.47 Å². The number of ether oxygens (including phenoxy) is 2. The summed E-state index contributed by atoms with van der Waals surface area (Å²) < 4.78 is 37.8. The number of rotatable bonds is 4. The number of sulfonamides is 1. The molecule has 0 aliphatic carbocycles. The van der Waals surface area contributed by atoms with Gasteiger partial charge in [-0.05, 0) is 13.5 Å². The highest BCUT2D eigenvalue weighted by Crippen LogP contribution is 2.38. The summed E-state index contributed by atoms with van der Waals surface area (Å²) in [6.07, 6.45) is 0.759. The Morgan fingerprint density at radius 2 is 2.22 bits per heavy atom. The van der Waals surface area contributed by atoms with E-state index in [0.717, 1.165) is 6.42 Å². The lowest BCUT2D eigenvalue weighted by Gasteiger charge is -2.22. The van der Waals surface area contributed by atoms with Crippen LogP contribution in [0.5, 0.6) is 11.5 Å². The molecule has 1 aromatic carbocycles. The van der Waals surface area contributed by atoms with Crippen molar-refractivity contribution in [1.29, 1.82) is 0 Å². The van der Waals surface area contributed by atoms with E-state index in [1.165, 1.54) is 23.5 Å². The normalized spacial score (nSPS) is 21.5. The van der Waals surface area contributed by atoms with Crippen molar-refractivity contribution in [1.82, 2.24) is 9.62 Å². The number of carbonyl (C=O) groups is 1. The van der Waals surface area contributed by atoms with Crippen LogP contribution in [0.15, 0.2) is 17.0 Å². The van der Waals surface area contributed by atoms with Gasteiger partial charge in [0.25, 0.3) is 5.91 Å². The third-order valence-electron chi connectivity index (χ3n) is 4.08. The average Bonchev–Trinajstić information content (AvgIpc) is 3.03. The van der Waals surface area contributed by atoms with E-state index in [2.05, 4.69) is 10.6 Å². The fourth-order valence-corrected chi connectivity index (χ4v) is 4.42. The predicted octanol–water partition coefficient (Wildman–Crippen LogP) is 0.00850. The first-order valence-electron chi connectivity index (χ1n) is 7.28. The lowest BCUT2D eigenvalue weighted by atomic mass is 10.2. The molecule has 8 nitrogen and oxygen atoms in total. The van der Waals surface area contributed by atoms with Crippen LogP contribution in [0.25, 0.3) is 0 Å². The molecule has 1 amide bonds. The average molecular weight is 341 g/mol. The van der Waals surface area contributed by atoms with Crippen LogP contribution in [0, 0.1) is 0 Å². The van der Waals surface area contributed by atoms with E-state index in [9.17, 15) is 13.2 Å². The summed E-state index contributed by atoms with van der Waals surface area (Å²) in [6, 6.07) is 3.03. The van der Waals surface area contributed by atoms with Gasteiger partial charge in [0.05, 0.1) is 12.8 Å². The minimum absolute atomic E-state index is 0.0478. The molecule has 0 radical (unpaired) electrons. The zero-order valence-corrected chi connectivity index (χ0v) is 13.8. The molecule has 0 saturated carbocycles. The fourth-order valence-electron chi connectivity index (χ4n) is 2.77. The maximum absolute atomic E-state index is 12.9. The zero-order chi connectivity index (χ0) is 16.6. The first-order valence-corrected chi connectivity index (χ1v) is 8.72. The van der Waals surface area contributed by atoms with Crippen molar-refractivity contribution < 1.29 is 22.7 Å². The molecule has 126 valence electrons. The Bertz CT molecular complexity index is 734. The molecule has 1 aromatic rings. The molecule has 0 spiro atoms. The van der Waals surface area contributed by atoms with Gasteiger partial charge in [0.1, 0.15) is 16.4 Å². The smallest absolute Gasteiger partial charge is 0.262 e. The molecular weight excluding hydrogens is 322 g/mol. The van der Waals surface area contributed by atoms with Gasteiger partial charge in [0, 0.05) is 31.3 Å². The Morgan fingerprint density at radius 3 is 2.87 bits per heavy atom. The maximum Gasteiger partial charge on any atom is 0.262 e. The summed E-state index contributed by atoms with van der Waals surface area (Å²) in [6.45, 7) is 0.729. The molecule has 2 N–H and O–H groups in total. The number of nitrogens with zero attached hydrogens (tertiary/aromatic N) is 1. The quantitative estimate of drug-likeness (QED) is 0.801. The number of nitrogens with one attached hydrogen (secondary N) is 2. The van der Waals surface area contributed by atoms with Crippen LogP contribution in [-0.2, 0) is 14.8 Å². The predicted molar refractivity (Wildman–Crippen MR) is 83.3 cm³/mol. The van der Waals surface area contributed by atoms with Crippen molar-refractivity contribution >= 4 is 21.6 Å². The Balaban J connectivity index is 2.00. The summed E-state index contributed by atoms with van der Waals surface area (Å²) >= 11 is 0. The third kappa shape index (κ3) is 2.87. The number of hydrogen-bond donors (Lipinski definition) is 2. The monoisotopic (exact) mass is 341 g/mol. The summed E-state index contributed by atoms with van der Waals surface area (Å²) in [4.78, 5) is 11.4. The molecule has 2 aliphatic heterocycles. The second kappa shape index (κ2) is 5.99. The maximum atomic E-state index is 12.9. The van der Waals surface area contributed by atoms with Crippen LogP contribution in [0.2, 0.25) is 0 Å². The van der Waals surface area contributed by atoms with Gasteiger partial charge in [-0.25, -0.2) is 8.42 Å². The molecule has 1 unspecified atom stereocenters. The van der Waals surface area contributed by atoms with E-state index < -0.39 is 10.0 Å². The molecule has 0 bridgehead atoms. The van der Waals surface area contributed by atoms with E-state index >= 15 is 0 Å². The fraction of sp³-hybridized carbons (Fsp3) is 0.500. The first-order chi connectivity index (χ1) is 11.0. The van der Waals surface area contributed by atoms with Gasteiger partial charge < -0.3 is 20.1 Å². The van der Waals surface area contributed by atoms with Gasteiger partial charge in [-0.1, -0.05) is 0 Å². The second-order valence-electron chi connectivity index (χ2n) is 5.47. The molecule has 9 heteroatoms. The molecule has 1 fully saturated rings. The first kappa shape index (κ1) is 16.0. The Labute approximate surface area is 134 Å². The molecular formula is C14H19N3O5S. The number of anilines is 1. The molecule has 23 heavy (non-hydrogen) atoms. The van der Waals surface area contributed by atoms with Crippen LogP contribution in [0.1, 0.15) is 6.42 Å². The lowest BCUT2D eigenvalue weighted by Crippen LogP contribution is -2.34. The Hall–Kier alpha value is -1.84. The summed E-state index contributed by atoms with van der Waals surface area (Å²) in [5.41, 5.74) is 0.409. The SMILES string of the molecule is CNC1CCN(S(=O)(=O)c2cc3c(cc2OC)NC(=O)CO3)C1. The molecule has 2 heterocycles. The standard InChI is InChI=1S/C14H19N3O5S/c1-15-9-3-4-17(7-9)23(19,20)13-6-11-10(5-12(13)21-2)16-14(18)8-22-11/h5-6,9,15H,3-4,7-8H2,1-2H3,(H,16,18). The Kier molecular flexibility index (Phi) is 4.17. The van der Waals surface area contributed by atoms with Gasteiger partial charge in [-0.2, -0.15) is 4.31 Å². The van der Waals surface area contributed by atoms with E-state index in [-0.39, 0.29) is 29.2 Å². The van der Waals surface area contributed by atoms with E-state index in [1.807, 2.05) is 7.05 Å². The van der Waals surface area contributed by atoms with Crippen LogP contribution >= 0.6 is 0 Å². The summed E-state index contributed by atoms with van der Waals surface area (Å²) in [5, 5.41) is 5.73. The van der Waals surface area contributed by atoms with Crippen molar-refractivity contribution in [2.45, 2.75) is 17.4 Å². The van der Waals surface area contributed by atoms with Crippen molar-refractivity contribution in [3.05, 3.63) is 12.1 Å². The van der Waals surface area contributed by atoms with Crippen LogP contribution < -0.4 is 20.1 Å². The van der Waals surface area contributed by atoms with Crippen molar-refractivity contribution in [2.75, 3.05) is 39.2 Å². The van der Waals surface area contributed by atoms with E-state index in [1.54, 1.807) is 0 Å².